The van der Waals surface area contributed by atoms with Gasteiger partial charge in [0.2, 0.25) is 5.91 Å². The maximum Gasteiger partial charge on any atom is 0.262 e. The first-order valence-corrected chi connectivity index (χ1v) is 11.0. The average Bonchev–Trinajstić information content (AvgIpc) is 2.74. The molecule has 3 rings (SSSR count). The number of amides is 1. The van der Waals surface area contributed by atoms with Crippen LogP contribution in [0.2, 0.25) is 0 Å². The molecule has 1 N–H and O–H groups in total. The first-order chi connectivity index (χ1) is 14.1. The van der Waals surface area contributed by atoms with Gasteiger partial charge >= 0.3 is 0 Å². The van der Waals surface area contributed by atoms with Gasteiger partial charge in [-0.05, 0) is 43.9 Å². The Morgan fingerprint density at radius 3 is 2.62 bits per heavy atom. The second-order valence-corrected chi connectivity index (χ2v) is 8.09. The number of hydrogen-bond donors (Lipinski definition) is 1. The van der Waals surface area contributed by atoms with Gasteiger partial charge in [-0.15, -0.1) is 0 Å². The lowest BCUT2D eigenvalue weighted by atomic mass is 10.1. The maximum atomic E-state index is 12.8. The molecule has 0 bridgehead atoms. The van der Waals surface area contributed by atoms with Crippen LogP contribution in [-0.4, -0.2) is 27.3 Å². The van der Waals surface area contributed by atoms with Crippen molar-refractivity contribution in [2.45, 2.75) is 50.9 Å². The van der Waals surface area contributed by atoms with Crippen LogP contribution in [0.5, 0.6) is 0 Å². The third-order valence-electron chi connectivity index (χ3n) is 4.72. The van der Waals surface area contributed by atoms with E-state index in [4.69, 9.17) is 0 Å². The molecule has 3 aromatic rings. The van der Waals surface area contributed by atoms with E-state index in [1.807, 2.05) is 50.2 Å². The number of hydrogen-bond acceptors (Lipinski definition) is 4. The molecular formula is C23H27N3O2S. The number of fused-ring (bicyclic) bond motifs is 1. The van der Waals surface area contributed by atoms with E-state index in [2.05, 4.69) is 22.4 Å². The minimum absolute atomic E-state index is 0.0407. The van der Waals surface area contributed by atoms with E-state index in [0.717, 1.165) is 19.3 Å². The summed E-state index contributed by atoms with van der Waals surface area (Å²) in [5.74, 6) is 0.200. The Balaban J connectivity index is 1.61. The molecule has 1 aromatic heterocycles. The molecule has 0 spiro atoms. The maximum absolute atomic E-state index is 12.8. The third kappa shape index (κ3) is 5.70. The van der Waals surface area contributed by atoms with E-state index < -0.39 is 0 Å². The zero-order chi connectivity index (χ0) is 20.6. The lowest BCUT2D eigenvalue weighted by Crippen LogP contribution is -2.34. The van der Waals surface area contributed by atoms with Crippen LogP contribution in [0.1, 0.15) is 32.3 Å². The minimum atomic E-state index is -0.0448. The number of aryl methyl sites for hydroxylation is 1. The fourth-order valence-corrected chi connectivity index (χ4v) is 4.06. The molecule has 1 heterocycles. The molecular weight excluding hydrogens is 382 g/mol. The van der Waals surface area contributed by atoms with Gasteiger partial charge in [0.15, 0.2) is 5.16 Å². The summed E-state index contributed by atoms with van der Waals surface area (Å²) in [6.07, 6.45) is 2.64. The molecule has 0 fully saturated rings. The number of thioether (sulfide) groups is 1. The zero-order valence-electron chi connectivity index (χ0n) is 16.9. The first-order valence-electron chi connectivity index (χ1n) is 10.0. The Bertz CT molecular complexity index is 1020. The summed E-state index contributed by atoms with van der Waals surface area (Å²) < 4.78 is 1.68. The summed E-state index contributed by atoms with van der Waals surface area (Å²) in [6.45, 7) is 4.64. The van der Waals surface area contributed by atoms with Crippen LogP contribution >= 0.6 is 11.8 Å². The van der Waals surface area contributed by atoms with Gasteiger partial charge in [-0.1, -0.05) is 61.2 Å². The Labute approximate surface area is 175 Å². The number of aromatic nitrogens is 2. The monoisotopic (exact) mass is 409 g/mol. The Hall–Kier alpha value is -2.60. The molecule has 5 nitrogen and oxygen atoms in total. The van der Waals surface area contributed by atoms with Crippen LogP contribution in [0, 0.1) is 0 Å². The second kappa shape index (κ2) is 10.3. The Morgan fingerprint density at radius 2 is 1.86 bits per heavy atom. The highest BCUT2D eigenvalue weighted by Gasteiger charge is 2.14. The van der Waals surface area contributed by atoms with Gasteiger partial charge in [-0.3, -0.25) is 14.2 Å². The van der Waals surface area contributed by atoms with Crippen molar-refractivity contribution < 1.29 is 4.79 Å². The summed E-state index contributed by atoms with van der Waals surface area (Å²) >= 11 is 1.32. The topological polar surface area (TPSA) is 64.0 Å². The van der Waals surface area contributed by atoms with Crippen LogP contribution in [0.25, 0.3) is 10.9 Å². The van der Waals surface area contributed by atoms with Gasteiger partial charge in [0, 0.05) is 12.6 Å². The smallest absolute Gasteiger partial charge is 0.262 e. The number of carbonyl (C=O) groups is 1. The van der Waals surface area contributed by atoms with Gasteiger partial charge in [-0.25, -0.2) is 4.98 Å². The normalized spacial score (nSPS) is 12.1. The largest absolute Gasteiger partial charge is 0.353 e. The molecule has 0 aliphatic heterocycles. The van der Waals surface area contributed by atoms with E-state index in [0.29, 0.717) is 22.6 Å². The van der Waals surface area contributed by atoms with Crippen molar-refractivity contribution in [3.8, 4) is 0 Å². The summed E-state index contributed by atoms with van der Waals surface area (Å²) in [5.41, 5.74) is 1.90. The fraction of sp³-hybridized carbons (Fsp3) is 0.348. The molecule has 152 valence electrons. The van der Waals surface area contributed by atoms with Crippen molar-refractivity contribution in [3.05, 3.63) is 70.5 Å². The predicted molar refractivity (Wildman–Crippen MR) is 119 cm³/mol. The quantitative estimate of drug-likeness (QED) is 0.428. The molecule has 0 saturated carbocycles. The van der Waals surface area contributed by atoms with Gasteiger partial charge < -0.3 is 5.32 Å². The Kier molecular flexibility index (Phi) is 7.47. The number of nitrogens with zero attached hydrogens (tertiary/aromatic N) is 2. The highest BCUT2D eigenvalue weighted by atomic mass is 32.2. The molecule has 1 unspecified atom stereocenters. The van der Waals surface area contributed by atoms with Gasteiger partial charge in [-0.2, -0.15) is 0 Å². The molecule has 1 amide bonds. The Morgan fingerprint density at radius 1 is 1.14 bits per heavy atom. The van der Waals surface area contributed by atoms with E-state index in [9.17, 15) is 9.59 Å². The number of rotatable bonds is 9. The van der Waals surface area contributed by atoms with Crippen LogP contribution in [0.4, 0.5) is 0 Å². The van der Waals surface area contributed by atoms with E-state index >= 15 is 0 Å². The summed E-state index contributed by atoms with van der Waals surface area (Å²) in [7, 11) is 0. The molecule has 0 saturated heterocycles. The van der Waals surface area contributed by atoms with E-state index in [1.54, 1.807) is 10.6 Å². The van der Waals surface area contributed by atoms with Crippen molar-refractivity contribution in [2.75, 3.05) is 5.75 Å². The number of para-hydroxylation sites is 1. The fourth-order valence-electron chi connectivity index (χ4n) is 3.23. The third-order valence-corrected chi connectivity index (χ3v) is 5.70. The average molecular weight is 410 g/mol. The number of nitrogens with one attached hydrogen (secondary N) is 1. The molecule has 6 heteroatoms. The second-order valence-electron chi connectivity index (χ2n) is 7.15. The molecule has 1 atom stereocenters. The van der Waals surface area contributed by atoms with Crippen molar-refractivity contribution >= 4 is 28.6 Å². The van der Waals surface area contributed by atoms with E-state index in [1.165, 1.54) is 17.3 Å². The molecule has 2 aromatic carbocycles. The van der Waals surface area contributed by atoms with Crippen LogP contribution in [0.15, 0.2) is 64.5 Å². The molecule has 29 heavy (non-hydrogen) atoms. The lowest BCUT2D eigenvalue weighted by molar-refractivity contribution is -0.119. The minimum Gasteiger partial charge on any atom is -0.353 e. The molecule has 0 aliphatic carbocycles. The lowest BCUT2D eigenvalue weighted by Gasteiger charge is -2.15. The summed E-state index contributed by atoms with van der Waals surface area (Å²) in [4.78, 5) is 29.8. The summed E-state index contributed by atoms with van der Waals surface area (Å²) in [5, 5.41) is 4.26. The van der Waals surface area contributed by atoms with Crippen LogP contribution < -0.4 is 10.9 Å². The highest BCUT2D eigenvalue weighted by molar-refractivity contribution is 7.99. The highest BCUT2D eigenvalue weighted by Crippen LogP contribution is 2.18. The van der Waals surface area contributed by atoms with E-state index in [-0.39, 0.29) is 23.3 Å². The predicted octanol–water partition coefficient (Wildman–Crippen LogP) is 4.04. The van der Waals surface area contributed by atoms with Crippen molar-refractivity contribution in [1.82, 2.24) is 14.9 Å². The number of benzene rings is 2. The van der Waals surface area contributed by atoms with Crippen LogP contribution in [-0.2, 0) is 17.8 Å². The molecule has 0 radical (unpaired) electrons. The summed E-state index contributed by atoms with van der Waals surface area (Å²) in [6, 6.07) is 17.7. The van der Waals surface area contributed by atoms with Gasteiger partial charge in [0.1, 0.15) is 0 Å². The van der Waals surface area contributed by atoms with Crippen molar-refractivity contribution in [3.63, 3.8) is 0 Å². The van der Waals surface area contributed by atoms with Crippen molar-refractivity contribution in [1.29, 1.82) is 0 Å². The zero-order valence-corrected chi connectivity index (χ0v) is 17.7. The van der Waals surface area contributed by atoms with Crippen molar-refractivity contribution in [2.24, 2.45) is 0 Å². The molecule has 0 aliphatic rings. The SMILES string of the molecule is CCCn1c(SCC(=O)NC(C)CCc2ccccc2)nc2ccccc2c1=O. The number of carbonyl (C=O) groups excluding carboxylic acids is 1. The van der Waals surface area contributed by atoms with Gasteiger partial charge in [0.05, 0.1) is 16.7 Å². The standard InChI is InChI=1S/C23H27N3O2S/c1-3-15-26-22(28)19-11-7-8-12-20(19)25-23(26)29-16-21(27)24-17(2)13-14-18-9-5-4-6-10-18/h4-12,17H,3,13-16H2,1-2H3,(H,24,27). The van der Waals surface area contributed by atoms with Gasteiger partial charge in [0.25, 0.3) is 5.56 Å². The first kappa shape index (κ1) is 21.1. The van der Waals surface area contributed by atoms with Crippen LogP contribution in [0.3, 0.4) is 0 Å².